The molecule has 0 spiro atoms. The highest BCUT2D eigenvalue weighted by Crippen LogP contribution is 2.39. The van der Waals surface area contributed by atoms with Crippen LogP contribution in [0.15, 0.2) is 6.07 Å². The summed E-state index contributed by atoms with van der Waals surface area (Å²) in [4.78, 5) is 13.2. The van der Waals surface area contributed by atoms with Crippen LogP contribution < -0.4 is 4.90 Å². The normalized spacial score (nSPS) is 20.6. The molecule has 0 aliphatic carbocycles. The Morgan fingerprint density at radius 2 is 2.40 bits per heavy atom. The molecular formula is C13H20N2O4S. The monoisotopic (exact) mass is 300 g/mol. The van der Waals surface area contributed by atoms with Gasteiger partial charge in [-0.1, -0.05) is 0 Å². The summed E-state index contributed by atoms with van der Waals surface area (Å²) in [5.74, 6) is 0. The van der Waals surface area contributed by atoms with Gasteiger partial charge in [-0.2, -0.15) is 0 Å². The second-order valence-corrected chi connectivity index (χ2v) is 6.20. The van der Waals surface area contributed by atoms with Gasteiger partial charge in [-0.25, -0.2) is 0 Å². The zero-order valence-electron chi connectivity index (χ0n) is 11.7. The fourth-order valence-electron chi connectivity index (χ4n) is 2.34. The smallest absolute Gasteiger partial charge is 0.304 e. The molecule has 0 amide bonds. The van der Waals surface area contributed by atoms with Gasteiger partial charge in [0.15, 0.2) is 5.00 Å². The molecule has 1 aliphatic rings. The van der Waals surface area contributed by atoms with E-state index in [-0.39, 0.29) is 11.8 Å². The van der Waals surface area contributed by atoms with Crippen molar-refractivity contribution in [3.63, 3.8) is 0 Å². The number of nitrogens with zero attached hydrogens (tertiary/aromatic N) is 2. The summed E-state index contributed by atoms with van der Waals surface area (Å²) in [6.45, 7) is 3.02. The lowest BCUT2D eigenvalue weighted by Crippen LogP contribution is -2.33. The minimum atomic E-state index is -0.688. The van der Waals surface area contributed by atoms with Gasteiger partial charge in [-0.05, 0) is 26.2 Å². The molecule has 1 aromatic heterocycles. The first kappa shape index (κ1) is 15.2. The number of likely N-dealkylation sites (N-methyl/N-ethyl adjacent to an activating group) is 1. The van der Waals surface area contributed by atoms with Gasteiger partial charge in [0.1, 0.15) is 0 Å². The van der Waals surface area contributed by atoms with Crippen molar-refractivity contribution in [2.24, 2.45) is 0 Å². The SMILES string of the molecule is C[C@H](O)c1cc([N+](=O)[O-])c(N(C)CC2CCCCO2)s1. The first-order chi connectivity index (χ1) is 9.49. The molecule has 1 aromatic rings. The van der Waals surface area contributed by atoms with Gasteiger partial charge in [0.2, 0.25) is 0 Å². The summed E-state index contributed by atoms with van der Waals surface area (Å²) in [5, 5.41) is 21.3. The van der Waals surface area contributed by atoms with E-state index in [1.165, 1.54) is 17.4 Å². The molecule has 1 aliphatic heterocycles. The van der Waals surface area contributed by atoms with Crippen molar-refractivity contribution in [2.45, 2.75) is 38.4 Å². The maximum absolute atomic E-state index is 11.1. The van der Waals surface area contributed by atoms with E-state index < -0.39 is 11.0 Å². The Balaban J connectivity index is 2.14. The summed E-state index contributed by atoms with van der Waals surface area (Å²) < 4.78 is 5.67. The van der Waals surface area contributed by atoms with Gasteiger partial charge in [0.05, 0.1) is 17.1 Å². The maximum atomic E-state index is 11.1. The molecule has 20 heavy (non-hydrogen) atoms. The lowest BCUT2D eigenvalue weighted by Gasteiger charge is -2.27. The highest BCUT2D eigenvalue weighted by Gasteiger charge is 2.25. The van der Waals surface area contributed by atoms with Gasteiger partial charge in [0.25, 0.3) is 0 Å². The summed E-state index contributed by atoms with van der Waals surface area (Å²) in [6.07, 6.45) is 2.67. The van der Waals surface area contributed by atoms with Crippen LogP contribution in [0.25, 0.3) is 0 Å². The number of aliphatic hydroxyl groups is 1. The van der Waals surface area contributed by atoms with E-state index in [0.717, 1.165) is 25.9 Å². The summed E-state index contributed by atoms with van der Waals surface area (Å²) in [7, 11) is 1.84. The van der Waals surface area contributed by atoms with Crippen molar-refractivity contribution in [3.05, 3.63) is 21.1 Å². The summed E-state index contributed by atoms with van der Waals surface area (Å²) in [5.41, 5.74) is 0.0595. The zero-order valence-corrected chi connectivity index (χ0v) is 12.6. The Hall–Kier alpha value is -1.18. The first-order valence-corrected chi connectivity index (χ1v) is 7.59. The van der Waals surface area contributed by atoms with Crippen molar-refractivity contribution in [3.8, 4) is 0 Å². The lowest BCUT2D eigenvalue weighted by atomic mass is 10.1. The van der Waals surface area contributed by atoms with E-state index in [9.17, 15) is 15.2 Å². The van der Waals surface area contributed by atoms with Crippen molar-refractivity contribution >= 4 is 22.0 Å². The fourth-order valence-corrected chi connectivity index (χ4v) is 3.37. The molecule has 2 rings (SSSR count). The molecule has 2 atom stereocenters. The number of rotatable bonds is 5. The van der Waals surface area contributed by atoms with Crippen LogP contribution in [-0.2, 0) is 4.74 Å². The zero-order chi connectivity index (χ0) is 14.7. The Bertz CT molecular complexity index is 469. The van der Waals surface area contributed by atoms with Gasteiger partial charge < -0.3 is 14.7 Å². The predicted octanol–water partition coefficient (Wildman–Crippen LogP) is 2.71. The number of ether oxygens (including phenoxy) is 1. The number of hydrogen-bond acceptors (Lipinski definition) is 6. The molecule has 7 heteroatoms. The highest BCUT2D eigenvalue weighted by molar-refractivity contribution is 7.16. The van der Waals surface area contributed by atoms with Crippen LogP contribution in [0.3, 0.4) is 0 Å². The number of thiophene rings is 1. The van der Waals surface area contributed by atoms with E-state index in [0.29, 0.717) is 16.4 Å². The molecule has 1 unspecified atom stereocenters. The van der Waals surface area contributed by atoms with Crippen LogP contribution in [0.4, 0.5) is 10.7 Å². The van der Waals surface area contributed by atoms with Crippen molar-refractivity contribution in [2.75, 3.05) is 25.1 Å². The molecular weight excluding hydrogens is 280 g/mol. The Morgan fingerprint density at radius 3 is 2.95 bits per heavy atom. The largest absolute Gasteiger partial charge is 0.388 e. The molecule has 0 radical (unpaired) electrons. The molecule has 1 fully saturated rings. The molecule has 0 bridgehead atoms. The van der Waals surface area contributed by atoms with Crippen molar-refractivity contribution in [1.29, 1.82) is 0 Å². The summed E-state index contributed by atoms with van der Waals surface area (Å²) in [6, 6.07) is 1.46. The fraction of sp³-hybridized carbons (Fsp3) is 0.692. The maximum Gasteiger partial charge on any atom is 0.304 e. The predicted molar refractivity (Wildman–Crippen MR) is 78.5 cm³/mol. The minimum Gasteiger partial charge on any atom is -0.388 e. The number of hydrogen-bond donors (Lipinski definition) is 1. The number of nitro groups is 1. The van der Waals surface area contributed by atoms with Crippen LogP contribution in [0, 0.1) is 10.1 Å². The van der Waals surface area contributed by atoms with Crippen LogP contribution in [0.2, 0.25) is 0 Å². The van der Waals surface area contributed by atoms with Crippen LogP contribution in [-0.4, -0.2) is 36.3 Å². The molecule has 1 N–H and O–H groups in total. The minimum absolute atomic E-state index is 0.0595. The second-order valence-electron chi connectivity index (χ2n) is 5.14. The van der Waals surface area contributed by atoms with Crippen LogP contribution in [0.5, 0.6) is 0 Å². The van der Waals surface area contributed by atoms with Gasteiger partial charge in [-0.15, -0.1) is 11.3 Å². The molecule has 112 valence electrons. The lowest BCUT2D eigenvalue weighted by molar-refractivity contribution is -0.383. The Labute approximate surface area is 122 Å². The van der Waals surface area contributed by atoms with E-state index in [4.69, 9.17) is 4.74 Å². The molecule has 6 nitrogen and oxygen atoms in total. The van der Waals surface area contributed by atoms with E-state index >= 15 is 0 Å². The average molecular weight is 300 g/mol. The summed E-state index contributed by atoms with van der Waals surface area (Å²) >= 11 is 1.27. The molecule has 1 saturated heterocycles. The highest BCUT2D eigenvalue weighted by atomic mass is 32.1. The van der Waals surface area contributed by atoms with Gasteiger partial charge in [0, 0.05) is 31.1 Å². The van der Waals surface area contributed by atoms with Gasteiger partial charge in [-0.3, -0.25) is 10.1 Å². The quantitative estimate of drug-likeness (QED) is 0.668. The van der Waals surface area contributed by atoms with E-state index in [1.54, 1.807) is 6.92 Å². The first-order valence-electron chi connectivity index (χ1n) is 6.78. The Kier molecular flexibility index (Phi) is 4.95. The molecule has 0 aromatic carbocycles. The Morgan fingerprint density at radius 1 is 1.65 bits per heavy atom. The molecule has 2 heterocycles. The van der Waals surface area contributed by atoms with Crippen molar-refractivity contribution in [1.82, 2.24) is 0 Å². The van der Waals surface area contributed by atoms with E-state index in [2.05, 4.69) is 0 Å². The second kappa shape index (κ2) is 6.51. The van der Waals surface area contributed by atoms with Crippen LogP contribution >= 0.6 is 11.3 Å². The third-order valence-corrected chi connectivity index (χ3v) is 4.83. The number of anilines is 1. The number of aliphatic hydroxyl groups excluding tert-OH is 1. The van der Waals surface area contributed by atoms with Crippen LogP contribution in [0.1, 0.15) is 37.2 Å². The average Bonchev–Trinajstić information content (AvgIpc) is 2.85. The van der Waals surface area contributed by atoms with Gasteiger partial charge >= 0.3 is 5.69 Å². The third kappa shape index (κ3) is 3.47. The topological polar surface area (TPSA) is 75.8 Å². The molecule has 0 saturated carbocycles. The van der Waals surface area contributed by atoms with Crippen molar-refractivity contribution < 1.29 is 14.8 Å². The van der Waals surface area contributed by atoms with E-state index in [1.807, 2.05) is 11.9 Å². The standard InChI is InChI=1S/C13H20N2O4S/c1-9(16)12-7-11(15(17)18)13(20-12)14(2)8-10-5-3-4-6-19-10/h7,9-10,16H,3-6,8H2,1-2H3/t9-,10?/m0/s1. The third-order valence-electron chi connectivity index (χ3n) is 3.42.